The summed E-state index contributed by atoms with van der Waals surface area (Å²) in [6.45, 7) is 5.53. The number of benzene rings is 3. The molecule has 1 heterocycles. The smallest absolute Gasteiger partial charge is 0.295 e. The SMILES string of the molecule is CCCCCOc1ccc(C2C(=C(O)c3cccc(OCCCC)c3)C(=O)C(=O)N2Cc2ccccc2)cc1OC. The molecule has 1 atom stereocenters. The number of Topliss-reactive ketones (excluding diaryl/α,β-unsaturated/α-hetero) is 1. The van der Waals surface area contributed by atoms with Crippen LogP contribution in [0.2, 0.25) is 0 Å². The van der Waals surface area contributed by atoms with Crippen LogP contribution in [-0.4, -0.2) is 42.0 Å². The average molecular weight is 558 g/mol. The highest BCUT2D eigenvalue weighted by atomic mass is 16.5. The van der Waals surface area contributed by atoms with Crippen molar-refractivity contribution in [3.63, 3.8) is 0 Å². The minimum absolute atomic E-state index is 0.0234. The molecular weight excluding hydrogens is 518 g/mol. The van der Waals surface area contributed by atoms with Gasteiger partial charge < -0.3 is 24.2 Å². The average Bonchev–Trinajstić information content (AvgIpc) is 3.24. The van der Waals surface area contributed by atoms with E-state index in [1.54, 1.807) is 37.4 Å². The highest BCUT2D eigenvalue weighted by molar-refractivity contribution is 6.46. The minimum Gasteiger partial charge on any atom is -0.507 e. The largest absolute Gasteiger partial charge is 0.507 e. The molecule has 0 aromatic heterocycles. The second kappa shape index (κ2) is 14.4. The Morgan fingerprint density at radius 2 is 1.59 bits per heavy atom. The summed E-state index contributed by atoms with van der Waals surface area (Å²) in [6, 6.07) is 21.0. The number of carbonyl (C=O) groups is 2. The summed E-state index contributed by atoms with van der Waals surface area (Å²) < 4.78 is 17.4. The number of unbranched alkanes of at least 4 members (excludes halogenated alkanes) is 3. The lowest BCUT2D eigenvalue weighted by molar-refractivity contribution is -0.140. The van der Waals surface area contributed by atoms with Crippen LogP contribution < -0.4 is 14.2 Å². The molecule has 3 aromatic rings. The molecule has 4 rings (SSSR count). The van der Waals surface area contributed by atoms with Crippen molar-refractivity contribution in [1.82, 2.24) is 4.90 Å². The molecule has 0 radical (unpaired) electrons. The molecule has 1 unspecified atom stereocenters. The van der Waals surface area contributed by atoms with E-state index in [2.05, 4.69) is 13.8 Å². The van der Waals surface area contributed by atoms with Gasteiger partial charge in [-0.1, -0.05) is 81.6 Å². The van der Waals surface area contributed by atoms with Gasteiger partial charge in [-0.2, -0.15) is 0 Å². The van der Waals surface area contributed by atoms with Gasteiger partial charge in [0, 0.05) is 12.1 Å². The molecule has 216 valence electrons. The third-order valence-corrected chi connectivity index (χ3v) is 7.12. The van der Waals surface area contributed by atoms with Crippen molar-refractivity contribution in [3.05, 3.63) is 95.1 Å². The van der Waals surface area contributed by atoms with E-state index in [9.17, 15) is 14.7 Å². The Morgan fingerprint density at radius 3 is 2.32 bits per heavy atom. The Kier molecular flexibility index (Phi) is 10.4. The number of methoxy groups -OCH3 is 1. The highest BCUT2D eigenvalue weighted by Crippen LogP contribution is 2.43. The lowest BCUT2D eigenvalue weighted by Gasteiger charge is -2.26. The Hall–Kier alpha value is -4.26. The lowest BCUT2D eigenvalue weighted by Crippen LogP contribution is -2.29. The summed E-state index contributed by atoms with van der Waals surface area (Å²) in [5.41, 5.74) is 1.93. The van der Waals surface area contributed by atoms with Gasteiger partial charge in [0.05, 0.1) is 31.9 Å². The highest BCUT2D eigenvalue weighted by Gasteiger charge is 2.46. The molecule has 0 bridgehead atoms. The number of likely N-dealkylation sites (tertiary alicyclic amines) is 1. The van der Waals surface area contributed by atoms with Crippen molar-refractivity contribution < 1.29 is 28.9 Å². The van der Waals surface area contributed by atoms with E-state index in [1.165, 1.54) is 4.90 Å². The topological polar surface area (TPSA) is 85.3 Å². The maximum Gasteiger partial charge on any atom is 0.295 e. The van der Waals surface area contributed by atoms with Gasteiger partial charge in [-0.05, 0) is 48.2 Å². The third-order valence-electron chi connectivity index (χ3n) is 7.12. The number of aliphatic hydroxyl groups is 1. The number of ether oxygens (including phenoxy) is 3. The normalized spacial score (nSPS) is 16.2. The maximum atomic E-state index is 13.5. The van der Waals surface area contributed by atoms with Gasteiger partial charge in [0.2, 0.25) is 0 Å². The Labute approximate surface area is 242 Å². The van der Waals surface area contributed by atoms with Crippen LogP contribution in [0.1, 0.15) is 68.7 Å². The van der Waals surface area contributed by atoms with Crippen molar-refractivity contribution in [2.75, 3.05) is 20.3 Å². The van der Waals surface area contributed by atoms with Crippen LogP contribution in [0.3, 0.4) is 0 Å². The monoisotopic (exact) mass is 557 g/mol. The van der Waals surface area contributed by atoms with Crippen LogP contribution in [0, 0.1) is 0 Å². The Balaban J connectivity index is 1.77. The van der Waals surface area contributed by atoms with E-state index in [4.69, 9.17) is 14.2 Å². The molecular formula is C34H39NO6. The van der Waals surface area contributed by atoms with Crippen molar-refractivity contribution in [3.8, 4) is 17.2 Å². The molecule has 0 spiro atoms. The Morgan fingerprint density at radius 1 is 0.829 bits per heavy atom. The Bertz CT molecular complexity index is 1370. The van der Waals surface area contributed by atoms with Crippen LogP contribution >= 0.6 is 0 Å². The molecule has 3 aromatic carbocycles. The fourth-order valence-electron chi connectivity index (χ4n) is 4.90. The van der Waals surface area contributed by atoms with Gasteiger partial charge in [-0.3, -0.25) is 9.59 Å². The van der Waals surface area contributed by atoms with Crippen molar-refractivity contribution in [2.45, 2.75) is 58.5 Å². The van der Waals surface area contributed by atoms with Crippen molar-refractivity contribution in [2.24, 2.45) is 0 Å². The predicted octanol–water partition coefficient (Wildman–Crippen LogP) is 7.07. The first-order valence-corrected chi connectivity index (χ1v) is 14.3. The summed E-state index contributed by atoms with van der Waals surface area (Å²) in [5.74, 6) is 0.0154. The summed E-state index contributed by atoms with van der Waals surface area (Å²) in [6.07, 6.45) is 4.99. The summed E-state index contributed by atoms with van der Waals surface area (Å²) in [5, 5.41) is 11.5. The first-order valence-electron chi connectivity index (χ1n) is 14.3. The zero-order chi connectivity index (χ0) is 29.2. The van der Waals surface area contributed by atoms with Crippen LogP contribution in [0.4, 0.5) is 0 Å². The summed E-state index contributed by atoms with van der Waals surface area (Å²) >= 11 is 0. The van der Waals surface area contributed by atoms with Crippen LogP contribution in [0.15, 0.2) is 78.4 Å². The number of carbonyl (C=O) groups excluding carboxylic acids is 2. The van der Waals surface area contributed by atoms with Gasteiger partial charge in [0.1, 0.15) is 11.5 Å². The number of hydrogen-bond donors (Lipinski definition) is 1. The van der Waals surface area contributed by atoms with Crippen LogP contribution in [0.25, 0.3) is 5.76 Å². The third kappa shape index (κ3) is 7.09. The van der Waals surface area contributed by atoms with Gasteiger partial charge in [0.25, 0.3) is 11.7 Å². The van der Waals surface area contributed by atoms with Crippen molar-refractivity contribution in [1.29, 1.82) is 0 Å². The molecule has 0 saturated carbocycles. The van der Waals surface area contributed by atoms with Gasteiger partial charge in [-0.25, -0.2) is 0 Å². The molecule has 7 heteroatoms. The number of amides is 1. The molecule has 1 saturated heterocycles. The van der Waals surface area contributed by atoms with Crippen LogP contribution in [0.5, 0.6) is 17.2 Å². The zero-order valence-corrected chi connectivity index (χ0v) is 24.1. The molecule has 41 heavy (non-hydrogen) atoms. The molecule has 1 amide bonds. The van der Waals surface area contributed by atoms with Crippen molar-refractivity contribution >= 4 is 17.4 Å². The molecule has 7 nitrogen and oxygen atoms in total. The van der Waals surface area contributed by atoms with E-state index in [-0.39, 0.29) is 17.9 Å². The second-order valence-electron chi connectivity index (χ2n) is 10.1. The number of ketones is 1. The number of hydrogen-bond acceptors (Lipinski definition) is 6. The fraction of sp³-hybridized carbons (Fsp3) is 0.353. The lowest BCUT2D eigenvalue weighted by atomic mass is 9.94. The maximum absolute atomic E-state index is 13.5. The number of aliphatic hydroxyl groups excluding tert-OH is 1. The minimum atomic E-state index is -0.831. The predicted molar refractivity (Wildman–Crippen MR) is 159 cm³/mol. The molecule has 0 aliphatic carbocycles. The standard InChI is InChI=1S/C34H39NO6/c1-4-6-11-20-41-28-18-17-25(22-29(28)39-3)31-30(32(36)26-15-12-16-27(21-26)40-19-7-5-2)33(37)34(38)35(31)23-24-13-9-8-10-14-24/h8-10,12-18,21-22,31,36H,4-7,11,19-20,23H2,1-3H3. The van der Waals surface area contributed by atoms with E-state index in [0.717, 1.165) is 37.7 Å². The summed E-state index contributed by atoms with van der Waals surface area (Å²) in [4.78, 5) is 28.5. The molecule has 1 N–H and O–H groups in total. The van der Waals surface area contributed by atoms with Gasteiger partial charge >= 0.3 is 0 Å². The zero-order valence-electron chi connectivity index (χ0n) is 24.1. The van der Waals surface area contributed by atoms with E-state index in [0.29, 0.717) is 41.6 Å². The quantitative estimate of drug-likeness (QED) is 0.0988. The molecule has 1 aliphatic heterocycles. The van der Waals surface area contributed by atoms with E-state index < -0.39 is 17.7 Å². The van der Waals surface area contributed by atoms with Gasteiger partial charge in [0.15, 0.2) is 11.5 Å². The number of nitrogens with zero attached hydrogens (tertiary/aromatic N) is 1. The first-order chi connectivity index (χ1) is 20.0. The number of rotatable bonds is 14. The van der Waals surface area contributed by atoms with Gasteiger partial charge in [-0.15, -0.1) is 0 Å². The second-order valence-corrected chi connectivity index (χ2v) is 10.1. The summed E-state index contributed by atoms with van der Waals surface area (Å²) in [7, 11) is 1.56. The van der Waals surface area contributed by atoms with E-state index in [1.807, 2.05) is 42.5 Å². The van der Waals surface area contributed by atoms with Crippen LogP contribution in [-0.2, 0) is 16.1 Å². The first kappa shape index (κ1) is 29.7. The van der Waals surface area contributed by atoms with E-state index >= 15 is 0 Å². The molecule has 1 aliphatic rings. The fourth-order valence-corrected chi connectivity index (χ4v) is 4.90. The molecule has 1 fully saturated rings.